The summed E-state index contributed by atoms with van der Waals surface area (Å²) >= 11 is 5.59. The van der Waals surface area contributed by atoms with Crippen LogP contribution in [0, 0.1) is 5.92 Å². The lowest BCUT2D eigenvalue weighted by Crippen LogP contribution is -2.34. The van der Waals surface area contributed by atoms with E-state index in [1.807, 2.05) is 0 Å². The van der Waals surface area contributed by atoms with Gasteiger partial charge >= 0.3 is 0 Å². The first-order valence-corrected chi connectivity index (χ1v) is 8.22. The van der Waals surface area contributed by atoms with E-state index in [-0.39, 0.29) is 16.2 Å². The van der Waals surface area contributed by atoms with E-state index in [4.69, 9.17) is 11.6 Å². The Kier molecular flexibility index (Phi) is 4.43. The van der Waals surface area contributed by atoms with Gasteiger partial charge in [0.2, 0.25) is 15.3 Å². The van der Waals surface area contributed by atoms with Gasteiger partial charge in [0.1, 0.15) is 4.90 Å². The summed E-state index contributed by atoms with van der Waals surface area (Å²) in [6, 6.07) is 0.138. The van der Waals surface area contributed by atoms with Gasteiger partial charge in [-0.05, 0) is 36.8 Å². The monoisotopic (exact) mass is 303 g/mol. The van der Waals surface area contributed by atoms with Crippen LogP contribution in [0.3, 0.4) is 0 Å². The Labute approximate surface area is 119 Å². The number of halogens is 1. The average Bonchev–Trinajstić information content (AvgIpc) is 3.13. The van der Waals surface area contributed by atoms with Crippen molar-refractivity contribution in [3.05, 3.63) is 17.7 Å². The van der Waals surface area contributed by atoms with Gasteiger partial charge in [0, 0.05) is 12.6 Å². The number of hydrogen-bond donors (Lipinski definition) is 0. The fourth-order valence-electron chi connectivity index (χ4n) is 1.82. The van der Waals surface area contributed by atoms with Crippen molar-refractivity contribution < 1.29 is 8.42 Å². The molecule has 0 N–H and O–H groups in total. The van der Waals surface area contributed by atoms with E-state index in [1.54, 1.807) is 4.31 Å². The van der Waals surface area contributed by atoms with Gasteiger partial charge in [-0.25, -0.2) is 18.4 Å². The summed E-state index contributed by atoms with van der Waals surface area (Å²) in [6.45, 7) is 4.72. The number of aromatic nitrogens is 2. The molecule has 0 aliphatic heterocycles. The number of nitrogens with zero attached hydrogens (tertiary/aromatic N) is 3. The third kappa shape index (κ3) is 3.64. The van der Waals surface area contributed by atoms with Crippen molar-refractivity contribution in [2.24, 2.45) is 5.92 Å². The molecule has 2 rings (SSSR count). The van der Waals surface area contributed by atoms with Crippen LogP contribution in [0.15, 0.2) is 17.3 Å². The van der Waals surface area contributed by atoms with Crippen molar-refractivity contribution in [1.82, 2.24) is 14.3 Å². The summed E-state index contributed by atoms with van der Waals surface area (Å²) in [5, 5.41) is 0.0547. The molecule has 0 saturated heterocycles. The molecule has 0 radical (unpaired) electrons. The fraction of sp³-hybridized carbons (Fsp3) is 0.667. The topological polar surface area (TPSA) is 63.2 Å². The third-order valence-corrected chi connectivity index (χ3v) is 5.18. The lowest BCUT2D eigenvalue weighted by Gasteiger charge is -2.22. The van der Waals surface area contributed by atoms with Crippen LogP contribution < -0.4 is 0 Å². The van der Waals surface area contributed by atoms with E-state index in [0.717, 1.165) is 19.3 Å². The molecule has 106 valence electrons. The van der Waals surface area contributed by atoms with Gasteiger partial charge in [0.05, 0.1) is 12.4 Å². The van der Waals surface area contributed by atoms with Crippen LogP contribution in [0.1, 0.15) is 33.1 Å². The van der Waals surface area contributed by atoms with Gasteiger partial charge in [-0.15, -0.1) is 0 Å². The van der Waals surface area contributed by atoms with E-state index < -0.39 is 10.0 Å². The summed E-state index contributed by atoms with van der Waals surface area (Å²) in [5.41, 5.74) is 0. The van der Waals surface area contributed by atoms with Gasteiger partial charge in [0.15, 0.2) is 0 Å². The van der Waals surface area contributed by atoms with Crippen LogP contribution in [0.25, 0.3) is 0 Å². The minimum atomic E-state index is -3.50. The molecular weight excluding hydrogens is 286 g/mol. The molecule has 0 atom stereocenters. The average molecular weight is 304 g/mol. The maximum absolute atomic E-state index is 12.5. The normalized spacial score (nSPS) is 16.3. The van der Waals surface area contributed by atoms with Gasteiger partial charge in [-0.1, -0.05) is 13.8 Å². The first-order valence-electron chi connectivity index (χ1n) is 6.40. The Balaban J connectivity index is 2.21. The van der Waals surface area contributed by atoms with E-state index in [0.29, 0.717) is 12.5 Å². The van der Waals surface area contributed by atoms with E-state index in [1.165, 1.54) is 12.4 Å². The van der Waals surface area contributed by atoms with Crippen LogP contribution in [0.4, 0.5) is 0 Å². The van der Waals surface area contributed by atoms with Crippen molar-refractivity contribution in [1.29, 1.82) is 0 Å². The number of sulfonamides is 1. The van der Waals surface area contributed by atoms with E-state index in [9.17, 15) is 8.42 Å². The van der Waals surface area contributed by atoms with Crippen molar-refractivity contribution >= 4 is 21.6 Å². The Morgan fingerprint density at radius 2 is 1.95 bits per heavy atom. The Morgan fingerprint density at radius 3 is 2.42 bits per heavy atom. The molecule has 0 bridgehead atoms. The highest BCUT2D eigenvalue weighted by Crippen LogP contribution is 2.32. The highest BCUT2D eigenvalue weighted by molar-refractivity contribution is 7.89. The highest BCUT2D eigenvalue weighted by atomic mass is 35.5. The van der Waals surface area contributed by atoms with Crippen molar-refractivity contribution in [2.45, 2.75) is 44.0 Å². The van der Waals surface area contributed by atoms with Crippen LogP contribution in [-0.2, 0) is 10.0 Å². The van der Waals surface area contributed by atoms with Crippen LogP contribution >= 0.6 is 11.6 Å². The SMILES string of the molecule is CC(C)CCN(C1CC1)S(=O)(=O)c1cnc(Cl)nc1. The summed E-state index contributed by atoms with van der Waals surface area (Å²) in [7, 11) is -3.50. The van der Waals surface area contributed by atoms with Gasteiger partial charge in [-0.2, -0.15) is 4.31 Å². The summed E-state index contributed by atoms with van der Waals surface area (Å²) < 4.78 is 26.7. The standard InChI is InChI=1S/C12H18ClN3O2S/c1-9(2)5-6-16(10-3-4-10)19(17,18)11-7-14-12(13)15-8-11/h7-10H,3-6H2,1-2H3. The lowest BCUT2D eigenvalue weighted by atomic mass is 10.1. The molecular formula is C12H18ClN3O2S. The Morgan fingerprint density at radius 1 is 1.37 bits per heavy atom. The van der Waals surface area contributed by atoms with Crippen LogP contribution in [0.5, 0.6) is 0 Å². The molecule has 1 aromatic heterocycles. The smallest absolute Gasteiger partial charge is 0.225 e. The lowest BCUT2D eigenvalue weighted by molar-refractivity contribution is 0.373. The zero-order chi connectivity index (χ0) is 14.0. The maximum Gasteiger partial charge on any atom is 0.246 e. The maximum atomic E-state index is 12.5. The second-order valence-electron chi connectivity index (χ2n) is 5.22. The second-order valence-corrected chi connectivity index (χ2v) is 7.45. The molecule has 5 nitrogen and oxygen atoms in total. The predicted octanol–water partition coefficient (Wildman–Crippen LogP) is 2.33. The predicted molar refractivity (Wildman–Crippen MR) is 73.4 cm³/mol. The first kappa shape index (κ1) is 14.7. The molecule has 1 fully saturated rings. The van der Waals surface area contributed by atoms with E-state index in [2.05, 4.69) is 23.8 Å². The molecule has 1 aliphatic rings. The molecule has 0 amide bonds. The molecule has 1 heterocycles. The largest absolute Gasteiger partial charge is 0.246 e. The summed E-state index contributed by atoms with van der Waals surface area (Å²) in [4.78, 5) is 7.62. The zero-order valence-corrected chi connectivity index (χ0v) is 12.7. The fourth-order valence-corrected chi connectivity index (χ4v) is 3.51. The quantitative estimate of drug-likeness (QED) is 0.757. The van der Waals surface area contributed by atoms with Gasteiger partial charge in [0.25, 0.3) is 0 Å². The number of rotatable bonds is 6. The summed E-state index contributed by atoms with van der Waals surface area (Å²) in [6.07, 6.45) is 5.27. The molecule has 1 aromatic rings. The molecule has 19 heavy (non-hydrogen) atoms. The van der Waals surface area contributed by atoms with Crippen LogP contribution in [0.2, 0.25) is 5.28 Å². The molecule has 1 saturated carbocycles. The molecule has 0 spiro atoms. The van der Waals surface area contributed by atoms with Crippen molar-refractivity contribution in [3.8, 4) is 0 Å². The number of hydrogen-bond acceptors (Lipinski definition) is 4. The Bertz CT molecular complexity index is 526. The first-order chi connectivity index (χ1) is 8.91. The molecule has 7 heteroatoms. The van der Waals surface area contributed by atoms with Crippen LogP contribution in [-0.4, -0.2) is 35.3 Å². The molecule has 0 aromatic carbocycles. The van der Waals surface area contributed by atoms with E-state index >= 15 is 0 Å². The minimum Gasteiger partial charge on any atom is -0.225 e. The highest BCUT2D eigenvalue weighted by Gasteiger charge is 2.38. The second kappa shape index (κ2) is 5.73. The Hall–Kier alpha value is -0.720. The zero-order valence-electron chi connectivity index (χ0n) is 11.1. The van der Waals surface area contributed by atoms with Crippen molar-refractivity contribution in [3.63, 3.8) is 0 Å². The molecule has 1 aliphatic carbocycles. The van der Waals surface area contributed by atoms with Crippen molar-refractivity contribution in [2.75, 3.05) is 6.54 Å². The minimum absolute atomic E-state index is 0.0547. The third-order valence-electron chi connectivity index (χ3n) is 3.08. The van der Waals surface area contributed by atoms with Gasteiger partial charge in [-0.3, -0.25) is 0 Å². The summed E-state index contributed by atoms with van der Waals surface area (Å²) in [5.74, 6) is 0.470. The molecule has 0 unspecified atom stereocenters. The van der Waals surface area contributed by atoms with Gasteiger partial charge < -0.3 is 0 Å².